The molecule has 0 bridgehead atoms. The van der Waals surface area contributed by atoms with Crippen LogP contribution in [0.25, 0.3) is 0 Å². The number of aromatic amines is 1. The number of amides is 1. The summed E-state index contributed by atoms with van der Waals surface area (Å²) in [6.07, 6.45) is 3.51. The maximum Gasteiger partial charge on any atom is 0.224 e. The molecule has 5 heteroatoms. The predicted octanol–water partition coefficient (Wildman–Crippen LogP) is 0.989. The minimum atomic E-state index is -0.184. The number of carbonyl (C=O) groups excluding carboxylic acids is 1. The first kappa shape index (κ1) is 13.1. The fourth-order valence-electron chi connectivity index (χ4n) is 2.49. The van der Waals surface area contributed by atoms with Gasteiger partial charge in [0.2, 0.25) is 5.91 Å². The zero-order valence-electron chi connectivity index (χ0n) is 11.0. The Hall–Kier alpha value is -1.36. The molecule has 0 saturated heterocycles. The van der Waals surface area contributed by atoms with E-state index in [9.17, 15) is 9.90 Å². The largest absolute Gasteiger partial charge is 0.393 e. The van der Waals surface area contributed by atoms with Gasteiger partial charge in [0, 0.05) is 17.3 Å². The molecule has 0 aromatic carbocycles. The number of aliphatic hydroxyl groups is 1. The van der Waals surface area contributed by atoms with Crippen LogP contribution in [0.2, 0.25) is 0 Å². The van der Waals surface area contributed by atoms with E-state index in [0.717, 1.165) is 42.6 Å². The number of hydrogen-bond acceptors (Lipinski definition) is 3. The lowest BCUT2D eigenvalue weighted by Gasteiger charge is -2.26. The average Bonchev–Trinajstić information content (AvgIpc) is 2.64. The van der Waals surface area contributed by atoms with Gasteiger partial charge in [0.1, 0.15) is 0 Å². The summed E-state index contributed by atoms with van der Waals surface area (Å²) in [5.74, 6) is 0.0454. The zero-order valence-corrected chi connectivity index (χ0v) is 11.0. The van der Waals surface area contributed by atoms with Crippen LogP contribution >= 0.6 is 0 Å². The molecule has 18 heavy (non-hydrogen) atoms. The zero-order chi connectivity index (χ0) is 13.1. The van der Waals surface area contributed by atoms with Crippen LogP contribution in [0.3, 0.4) is 0 Å². The van der Waals surface area contributed by atoms with E-state index >= 15 is 0 Å². The molecule has 2 rings (SSSR count). The summed E-state index contributed by atoms with van der Waals surface area (Å²) >= 11 is 0. The van der Waals surface area contributed by atoms with Crippen molar-refractivity contribution in [2.45, 2.75) is 58.1 Å². The lowest BCUT2D eigenvalue weighted by atomic mass is 9.93. The van der Waals surface area contributed by atoms with Crippen molar-refractivity contribution in [3.05, 3.63) is 17.0 Å². The highest BCUT2D eigenvalue weighted by Crippen LogP contribution is 2.18. The van der Waals surface area contributed by atoms with Crippen molar-refractivity contribution in [3.63, 3.8) is 0 Å². The normalized spacial score (nSPS) is 23.9. The van der Waals surface area contributed by atoms with Crippen LogP contribution < -0.4 is 5.32 Å². The van der Waals surface area contributed by atoms with E-state index in [1.54, 1.807) is 0 Å². The van der Waals surface area contributed by atoms with E-state index < -0.39 is 0 Å². The SMILES string of the molecule is Cc1n[nH]c(C)c1CC(=O)NC1CCC(O)CC1. The Kier molecular flexibility index (Phi) is 4.01. The lowest BCUT2D eigenvalue weighted by Crippen LogP contribution is -2.39. The molecular weight excluding hydrogens is 230 g/mol. The van der Waals surface area contributed by atoms with E-state index in [-0.39, 0.29) is 18.1 Å². The van der Waals surface area contributed by atoms with Gasteiger partial charge in [-0.15, -0.1) is 0 Å². The fraction of sp³-hybridized carbons (Fsp3) is 0.692. The third-order valence-electron chi connectivity index (χ3n) is 3.68. The van der Waals surface area contributed by atoms with Crippen LogP contribution in [0.5, 0.6) is 0 Å². The quantitative estimate of drug-likeness (QED) is 0.749. The number of nitrogens with one attached hydrogen (secondary N) is 2. The number of aliphatic hydroxyl groups excluding tert-OH is 1. The molecular formula is C13H21N3O2. The molecule has 1 amide bonds. The average molecular weight is 251 g/mol. The second-order valence-corrected chi connectivity index (χ2v) is 5.16. The summed E-state index contributed by atoms with van der Waals surface area (Å²) in [7, 11) is 0. The number of hydrogen-bond donors (Lipinski definition) is 3. The first-order valence-electron chi connectivity index (χ1n) is 6.54. The van der Waals surface area contributed by atoms with E-state index in [1.807, 2.05) is 13.8 Å². The molecule has 0 atom stereocenters. The number of aromatic nitrogens is 2. The first-order valence-corrected chi connectivity index (χ1v) is 6.54. The Morgan fingerprint density at radius 3 is 2.61 bits per heavy atom. The van der Waals surface area contributed by atoms with Crippen molar-refractivity contribution in [1.29, 1.82) is 0 Å². The van der Waals surface area contributed by atoms with E-state index in [2.05, 4.69) is 15.5 Å². The fourth-order valence-corrected chi connectivity index (χ4v) is 2.49. The molecule has 1 aliphatic carbocycles. The Bertz CT molecular complexity index is 400. The summed E-state index contributed by atoms with van der Waals surface area (Å²) in [5, 5.41) is 19.4. The van der Waals surface area contributed by atoms with Gasteiger partial charge in [0.15, 0.2) is 0 Å². The van der Waals surface area contributed by atoms with Crippen LogP contribution in [-0.4, -0.2) is 33.4 Å². The highest BCUT2D eigenvalue weighted by atomic mass is 16.3. The van der Waals surface area contributed by atoms with E-state index in [0.29, 0.717) is 6.42 Å². The van der Waals surface area contributed by atoms with Crippen molar-refractivity contribution >= 4 is 5.91 Å². The number of carbonyl (C=O) groups is 1. The molecule has 1 saturated carbocycles. The van der Waals surface area contributed by atoms with Crippen LogP contribution in [-0.2, 0) is 11.2 Å². The van der Waals surface area contributed by atoms with Crippen LogP contribution in [0.1, 0.15) is 42.6 Å². The molecule has 100 valence electrons. The van der Waals surface area contributed by atoms with Gasteiger partial charge in [-0.3, -0.25) is 9.89 Å². The Balaban J connectivity index is 1.86. The van der Waals surface area contributed by atoms with Gasteiger partial charge >= 0.3 is 0 Å². The molecule has 1 aliphatic rings. The Labute approximate surface area is 107 Å². The smallest absolute Gasteiger partial charge is 0.224 e. The molecule has 0 unspecified atom stereocenters. The van der Waals surface area contributed by atoms with Crippen molar-refractivity contribution in [2.24, 2.45) is 0 Å². The minimum Gasteiger partial charge on any atom is -0.393 e. The second-order valence-electron chi connectivity index (χ2n) is 5.16. The Morgan fingerprint density at radius 1 is 1.39 bits per heavy atom. The summed E-state index contributed by atoms with van der Waals surface area (Å²) in [6, 6.07) is 0.216. The van der Waals surface area contributed by atoms with Crippen molar-refractivity contribution in [2.75, 3.05) is 0 Å². The topological polar surface area (TPSA) is 78.0 Å². The molecule has 1 aromatic rings. The van der Waals surface area contributed by atoms with Crippen LogP contribution in [0.15, 0.2) is 0 Å². The van der Waals surface area contributed by atoms with Gasteiger partial charge in [-0.2, -0.15) is 5.10 Å². The van der Waals surface area contributed by atoms with Gasteiger partial charge in [-0.25, -0.2) is 0 Å². The summed E-state index contributed by atoms with van der Waals surface area (Å²) in [5.41, 5.74) is 2.84. The van der Waals surface area contributed by atoms with Gasteiger partial charge in [0.05, 0.1) is 18.2 Å². The van der Waals surface area contributed by atoms with Crippen LogP contribution in [0, 0.1) is 13.8 Å². The predicted molar refractivity (Wildman–Crippen MR) is 68.2 cm³/mol. The monoisotopic (exact) mass is 251 g/mol. The van der Waals surface area contributed by atoms with Crippen molar-refractivity contribution < 1.29 is 9.90 Å². The molecule has 1 aromatic heterocycles. The summed E-state index contributed by atoms with van der Waals surface area (Å²) in [4.78, 5) is 11.9. The third-order valence-corrected chi connectivity index (χ3v) is 3.68. The van der Waals surface area contributed by atoms with E-state index in [4.69, 9.17) is 0 Å². The lowest BCUT2D eigenvalue weighted by molar-refractivity contribution is -0.121. The van der Waals surface area contributed by atoms with Crippen molar-refractivity contribution in [1.82, 2.24) is 15.5 Å². The van der Waals surface area contributed by atoms with Crippen LogP contribution in [0.4, 0.5) is 0 Å². The first-order chi connectivity index (χ1) is 8.56. The van der Waals surface area contributed by atoms with Gasteiger partial charge in [-0.1, -0.05) is 0 Å². The molecule has 3 N–H and O–H groups in total. The molecule has 0 radical (unpaired) electrons. The van der Waals surface area contributed by atoms with E-state index in [1.165, 1.54) is 0 Å². The highest BCUT2D eigenvalue weighted by Gasteiger charge is 2.21. The molecule has 1 heterocycles. The number of nitrogens with zero attached hydrogens (tertiary/aromatic N) is 1. The second kappa shape index (κ2) is 5.52. The maximum atomic E-state index is 11.9. The van der Waals surface area contributed by atoms with Gasteiger partial charge in [-0.05, 0) is 39.5 Å². The standard InChI is InChI=1S/C13H21N3O2/c1-8-12(9(2)16-15-8)7-13(18)14-10-3-5-11(17)6-4-10/h10-11,17H,3-7H2,1-2H3,(H,14,18)(H,15,16). The Morgan fingerprint density at radius 2 is 2.06 bits per heavy atom. The molecule has 0 spiro atoms. The molecule has 0 aliphatic heterocycles. The summed E-state index contributed by atoms with van der Waals surface area (Å²) in [6.45, 7) is 3.84. The van der Waals surface area contributed by atoms with Gasteiger partial charge < -0.3 is 10.4 Å². The number of rotatable bonds is 3. The highest BCUT2D eigenvalue weighted by molar-refractivity contribution is 5.79. The van der Waals surface area contributed by atoms with Crippen molar-refractivity contribution in [3.8, 4) is 0 Å². The maximum absolute atomic E-state index is 11.9. The van der Waals surface area contributed by atoms with Gasteiger partial charge in [0.25, 0.3) is 0 Å². The molecule has 1 fully saturated rings. The third kappa shape index (κ3) is 3.10. The number of aryl methyl sites for hydroxylation is 2. The number of H-pyrrole nitrogens is 1. The minimum absolute atomic E-state index is 0.0454. The molecule has 5 nitrogen and oxygen atoms in total. The summed E-state index contributed by atoms with van der Waals surface area (Å²) < 4.78 is 0.